The van der Waals surface area contributed by atoms with E-state index in [1.54, 1.807) is 69.5 Å². The van der Waals surface area contributed by atoms with E-state index in [4.69, 9.17) is 65.6 Å². The van der Waals surface area contributed by atoms with Gasteiger partial charge in [0.05, 0.1) is 48.8 Å². The number of fused-ring (bicyclic) bond motifs is 3. The first kappa shape index (κ1) is 90.9. The highest BCUT2D eigenvalue weighted by molar-refractivity contribution is 9.10. The minimum Gasteiger partial charge on any atom is -0.508 e. The number of aryl methyl sites for hydroxylation is 2. The zero-order valence-electron chi connectivity index (χ0n) is 68.6. The van der Waals surface area contributed by atoms with Crippen LogP contribution < -0.4 is 60.8 Å². The quantitative estimate of drug-likeness (QED) is 0.0377. The molecule has 644 valence electrons. The Morgan fingerprint density at radius 3 is 1.15 bits per heavy atom. The molecule has 9 aromatic carbocycles. The summed E-state index contributed by atoms with van der Waals surface area (Å²) >= 11 is 16.2. The summed E-state index contributed by atoms with van der Waals surface area (Å²) in [6.45, 7) is 9.44. The lowest BCUT2D eigenvalue weighted by atomic mass is 9.80. The number of rotatable bonds is 17. The van der Waals surface area contributed by atoms with Crippen molar-refractivity contribution in [3.05, 3.63) is 365 Å². The summed E-state index contributed by atoms with van der Waals surface area (Å²) in [5.74, 6) is -1.31. The van der Waals surface area contributed by atoms with Crippen LogP contribution in [0.5, 0.6) is 17.2 Å². The molecule has 0 saturated heterocycles. The molecule has 0 fully saturated rings. The largest absolute Gasteiger partial charge is 0.508 e. The van der Waals surface area contributed by atoms with Crippen molar-refractivity contribution in [1.29, 1.82) is 0 Å². The highest BCUT2D eigenvalue weighted by Crippen LogP contribution is 2.38. The van der Waals surface area contributed by atoms with E-state index in [1.807, 2.05) is 185 Å². The van der Waals surface area contributed by atoms with Gasteiger partial charge in [-0.3, -0.25) is 38.1 Å². The number of nitrogens with zero attached hydrogens (tertiary/aromatic N) is 11. The molecule has 0 unspecified atom stereocenters. The standard InChI is InChI=1S/C33H27FN6O2.C27H21ClFN5O2.C21H17BrClN5O.C6H6BFO3.C6H8BNO2/c1-19-13-21(11-12-36-19)27-10-6-7-22-16-29(40(32(42)30(22)27)25-8-4-3-5-9-25)20(2)38-31-28(18-37-33(35)39-31)23-14-24(34)17-26(41)15-23;1-15(32-25-21(14-31-27(30)33-25)17-10-18(29)13-20(35)11-17)23-12-16-6-5-9-22(28)24(16)26(36)34(23)19-7-3-2-4-8-19;1-12(26-19-15(22)11-25-21(24)27-19)17-10-13-6-5-9-16(23)18(13)20(29)28(17)14-7-3-2-4-8-14;8-5-1-4(7(10)11)2-6(9)3-5;1-5-4-6(7(9)10)2-3-8-5/h3-18,20,41H,1-2H3,(H3,35,37,38,39);2-15,35H,1H3,(H3,30,31,32,33);2-12H,1H3,(H3,24,25,26,27);1-3,9-11H;2-4,9-10H,1H3/t20-;15-;12-;;/m000../s1. The van der Waals surface area contributed by atoms with E-state index in [-0.39, 0.29) is 63.3 Å². The maximum Gasteiger partial charge on any atom is 0.488 e. The van der Waals surface area contributed by atoms with Gasteiger partial charge in [-0.1, -0.05) is 120 Å². The summed E-state index contributed by atoms with van der Waals surface area (Å²) in [6, 6.07) is 66.7. The topological polar surface area (TPSA) is 425 Å². The van der Waals surface area contributed by atoms with Crippen molar-refractivity contribution in [3.8, 4) is 67.7 Å². The molecule has 17 rings (SSSR count). The predicted octanol–water partition coefficient (Wildman–Crippen LogP) is 15.4. The van der Waals surface area contributed by atoms with Crippen molar-refractivity contribution in [1.82, 2.24) is 53.6 Å². The first-order chi connectivity index (χ1) is 61.3. The number of benzene rings is 9. The van der Waals surface area contributed by atoms with Gasteiger partial charge < -0.3 is 68.6 Å². The van der Waals surface area contributed by atoms with Gasteiger partial charge in [0.1, 0.15) is 52.2 Å². The minimum atomic E-state index is -1.75. The molecule has 0 radical (unpaired) electrons. The smallest absolute Gasteiger partial charge is 0.488 e. The Morgan fingerprint density at radius 2 is 0.750 bits per heavy atom. The molecule has 0 aliphatic carbocycles. The molecule has 8 aromatic heterocycles. The van der Waals surface area contributed by atoms with Crippen LogP contribution in [0.3, 0.4) is 0 Å². The van der Waals surface area contributed by atoms with Crippen molar-refractivity contribution in [2.45, 2.75) is 52.7 Å². The van der Waals surface area contributed by atoms with Gasteiger partial charge in [-0.05, 0) is 227 Å². The summed E-state index contributed by atoms with van der Waals surface area (Å²) in [5, 5.41) is 77.6. The molecule has 0 saturated carbocycles. The van der Waals surface area contributed by atoms with Gasteiger partial charge in [0.15, 0.2) is 0 Å². The molecule has 0 spiro atoms. The fourth-order valence-corrected chi connectivity index (χ4v) is 15.0. The molecule has 0 bridgehead atoms. The van der Waals surface area contributed by atoms with E-state index in [0.29, 0.717) is 104 Å². The van der Waals surface area contributed by atoms with Crippen LogP contribution in [0, 0.1) is 31.3 Å². The molecule has 27 nitrogen and oxygen atoms in total. The maximum atomic E-state index is 14.4. The number of phenols is 3. The van der Waals surface area contributed by atoms with Crippen LogP contribution >= 0.6 is 39.1 Å². The molecule has 3 atom stereocenters. The molecule has 0 aliphatic heterocycles. The molecule has 0 amide bonds. The summed E-state index contributed by atoms with van der Waals surface area (Å²) in [7, 11) is -3.14. The van der Waals surface area contributed by atoms with Gasteiger partial charge >= 0.3 is 14.2 Å². The minimum absolute atomic E-state index is 0.0137. The zero-order chi connectivity index (χ0) is 91.3. The van der Waals surface area contributed by atoms with Gasteiger partial charge in [-0.15, -0.1) is 0 Å². The van der Waals surface area contributed by atoms with E-state index in [0.717, 1.165) is 75.0 Å². The van der Waals surface area contributed by atoms with Crippen LogP contribution in [0.15, 0.2) is 292 Å². The van der Waals surface area contributed by atoms with Crippen molar-refractivity contribution < 1.29 is 48.6 Å². The lowest BCUT2D eigenvalue weighted by molar-refractivity contribution is 0.423. The van der Waals surface area contributed by atoms with Crippen LogP contribution in [0.4, 0.5) is 48.5 Å². The molecule has 8 heterocycles. The Hall–Kier alpha value is -14.8. The summed E-state index contributed by atoms with van der Waals surface area (Å²) < 4.78 is 46.2. The fourth-order valence-electron chi connectivity index (χ4n) is 14.2. The number of aromatic hydroxyl groups is 3. The molecule has 16 N–H and O–H groups in total. The average Bonchev–Trinajstić information content (AvgIpc) is 0.759. The number of hydrogen-bond donors (Lipinski definition) is 13. The molecule has 0 aliphatic rings. The van der Waals surface area contributed by atoms with Crippen LogP contribution in [-0.4, -0.2) is 103 Å². The molecule has 17 aromatic rings. The number of aromatic nitrogens is 11. The third-order valence-corrected chi connectivity index (χ3v) is 21.2. The SMILES string of the molecule is C[C@H](Nc1nc(N)ncc1-c1cc(O)cc(F)c1)c1cc2cccc(Cl)c2c(=O)n1-c1ccccc1.C[C@H](Nc1nc(N)ncc1Br)c1cc2cccc(Cl)c2c(=O)n1-c1ccccc1.Cc1cc(-c2cccc3cc([C@H](C)Nc4nc(N)ncc4-c4cc(O)cc(F)c4)n(-c4ccccc4)c(=O)c23)ccn1.Cc1cc(B(O)O)ccn1.OB(O)c1cc(O)cc(F)c1. The number of phenolic OH excluding ortho intramolecular Hbond substituents is 3. The van der Waals surface area contributed by atoms with Crippen molar-refractivity contribution >= 4 is 132 Å². The zero-order valence-corrected chi connectivity index (χ0v) is 71.7. The van der Waals surface area contributed by atoms with Crippen molar-refractivity contribution in [2.24, 2.45) is 0 Å². The Kier molecular flexibility index (Phi) is 28.7. The van der Waals surface area contributed by atoms with Crippen LogP contribution in [0.2, 0.25) is 10.0 Å². The molecule has 128 heavy (non-hydrogen) atoms. The first-order valence-electron chi connectivity index (χ1n) is 39.3. The maximum absolute atomic E-state index is 14.4. The summed E-state index contributed by atoms with van der Waals surface area (Å²) in [6.07, 6.45) is 7.80. The Labute approximate surface area is 748 Å². The van der Waals surface area contributed by atoms with Crippen molar-refractivity contribution in [3.63, 3.8) is 0 Å². The number of hydrogen-bond acceptors (Lipinski definition) is 24. The average molecular weight is 1820 g/mol. The number of pyridine rings is 5. The second-order valence-electron chi connectivity index (χ2n) is 29.1. The Balaban J connectivity index is 0.000000148. The number of anilines is 6. The highest BCUT2D eigenvalue weighted by Gasteiger charge is 2.26. The van der Waals surface area contributed by atoms with Crippen molar-refractivity contribution in [2.75, 3.05) is 33.2 Å². The van der Waals surface area contributed by atoms with E-state index < -0.39 is 43.8 Å². The lowest BCUT2D eigenvalue weighted by Crippen LogP contribution is -2.29. The fraction of sp³-hybridized carbons (Fsp3) is 0.0860. The van der Waals surface area contributed by atoms with E-state index in [1.165, 1.54) is 36.7 Å². The van der Waals surface area contributed by atoms with Gasteiger partial charge in [0, 0.05) is 106 Å². The normalized spacial score (nSPS) is 11.6. The molecular weight excluding hydrogens is 1740 g/mol. The Morgan fingerprint density at radius 1 is 0.383 bits per heavy atom. The summed E-state index contributed by atoms with van der Waals surface area (Å²) in [5.41, 5.74) is 26.5. The second-order valence-corrected chi connectivity index (χ2v) is 30.8. The van der Waals surface area contributed by atoms with Crippen LogP contribution in [0.25, 0.3) is 82.8 Å². The number of nitrogen functional groups attached to an aromatic ring is 3. The van der Waals surface area contributed by atoms with E-state index in [2.05, 4.69) is 71.8 Å². The third-order valence-electron chi connectivity index (χ3n) is 20.0. The predicted molar refractivity (Wildman–Crippen MR) is 501 cm³/mol. The Bertz CT molecular complexity index is 7090. The van der Waals surface area contributed by atoms with Gasteiger partial charge in [0.25, 0.3) is 16.7 Å². The highest BCUT2D eigenvalue weighted by atomic mass is 79.9. The van der Waals surface area contributed by atoms with E-state index in [9.17, 15) is 37.8 Å². The van der Waals surface area contributed by atoms with Gasteiger partial charge in [-0.25, -0.2) is 28.1 Å². The number of halogens is 6. The van der Waals surface area contributed by atoms with Gasteiger partial charge in [0.2, 0.25) is 17.8 Å². The lowest BCUT2D eigenvalue weighted by Gasteiger charge is -2.23. The van der Waals surface area contributed by atoms with Crippen LogP contribution in [0.1, 0.15) is 67.4 Å². The summed E-state index contributed by atoms with van der Waals surface area (Å²) in [4.78, 5) is 74.8. The van der Waals surface area contributed by atoms with Gasteiger partial charge in [-0.2, -0.15) is 15.0 Å². The molecule has 35 heteroatoms. The monoisotopic (exact) mass is 1820 g/mol. The second kappa shape index (κ2) is 40.4. The number of nitrogens with one attached hydrogen (secondary N) is 3. The number of nitrogens with two attached hydrogens (primary N) is 3. The van der Waals surface area contributed by atoms with E-state index >= 15 is 0 Å². The molecular formula is C93H79B2BrCl2F3N17O10. The first-order valence-corrected chi connectivity index (χ1v) is 40.8. The van der Waals surface area contributed by atoms with Crippen LogP contribution in [-0.2, 0) is 0 Å². The third kappa shape index (κ3) is 21.6. The number of para-hydroxylation sites is 3.